The molecule has 2 aliphatic heterocycles. The normalized spacial score (nSPS) is 39.7. The largest absolute Gasteiger partial charge is 0.359 e. The topological polar surface area (TPSA) is 25.4 Å². The highest BCUT2D eigenvalue weighted by atomic mass is 19.1. The molecule has 2 aromatic rings. The maximum Gasteiger partial charge on any atom is 0.102 e. The molecule has 2 unspecified atom stereocenters. The summed E-state index contributed by atoms with van der Waals surface area (Å²) in [6.45, 7) is 2.80. The Bertz CT molecular complexity index is 1240. The van der Waals surface area contributed by atoms with Crippen LogP contribution in [0.3, 0.4) is 0 Å². The molecule has 1 aromatic heterocycles. The molecule has 184 valence electrons. The van der Waals surface area contributed by atoms with Gasteiger partial charge in [0.25, 0.3) is 0 Å². The molecule has 2 spiro atoms. The highest BCUT2D eigenvalue weighted by Crippen LogP contribution is 2.69. The van der Waals surface area contributed by atoms with Crippen LogP contribution in [-0.4, -0.2) is 47.4 Å². The minimum Gasteiger partial charge on any atom is -0.359 e. The summed E-state index contributed by atoms with van der Waals surface area (Å²) < 4.78 is 20.5. The fraction of sp³-hybridized carbons (Fsp3) is 0.581. The third kappa shape index (κ3) is 3.05. The first-order valence-electron chi connectivity index (χ1n) is 13.7. The van der Waals surface area contributed by atoms with Gasteiger partial charge < -0.3 is 9.64 Å². The first kappa shape index (κ1) is 22.2. The average molecular weight is 473 g/mol. The Morgan fingerprint density at radius 1 is 1.14 bits per heavy atom. The van der Waals surface area contributed by atoms with Gasteiger partial charge in [-0.15, -0.1) is 0 Å². The summed E-state index contributed by atoms with van der Waals surface area (Å²) >= 11 is 0. The summed E-state index contributed by atoms with van der Waals surface area (Å²) in [4.78, 5) is 6.60. The number of ether oxygens (including phenoxy) is 1. The Kier molecular flexibility index (Phi) is 4.90. The Balaban J connectivity index is 1.24. The van der Waals surface area contributed by atoms with Crippen LogP contribution in [0.25, 0.3) is 10.8 Å². The van der Waals surface area contributed by atoms with Crippen LogP contribution >= 0.6 is 0 Å². The number of benzene rings is 1. The number of aromatic nitrogens is 1. The van der Waals surface area contributed by atoms with Crippen molar-refractivity contribution >= 4 is 10.8 Å². The molecule has 4 heteroatoms. The van der Waals surface area contributed by atoms with Gasteiger partial charge in [-0.05, 0) is 110 Å². The minimum atomic E-state index is -0.271. The van der Waals surface area contributed by atoms with Gasteiger partial charge >= 0.3 is 0 Å². The molecule has 1 saturated heterocycles. The van der Waals surface area contributed by atoms with E-state index in [1.807, 2.05) is 12.4 Å². The molecule has 5 aliphatic rings. The Morgan fingerprint density at radius 3 is 2.94 bits per heavy atom. The summed E-state index contributed by atoms with van der Waals surface area (Å²) in [7, 11) is 2.09. The van der Waals surface area contributed by atoms with E-state index >= 15 is 0 Å². The Morgan fingerprint density at radius 2 is 2.06 bits per heavy atom. The molecule has 3 aliphatic carbocycles. The van der Waals surface area contributed by atoms with Gasteiger partial charge in [0.1, 0.15) is 6.67 Å². The van der Waals surface area contributed by atoms with Crippen molar-refractivity contribution in [3.05, 3.63) is 65.5 Å². The molecule has 7 rings (SSSR count). The monoisotopic (exact) mass is 472 g/mol. The van der Waals surface area contributed by atoms with Gasteiger partial charge in [0.2, 0.25) is 0 Å². The van der Waals surface area contributed by atoms with E-state index in [1.54, 1.807) is 0 Å². The van der Waals surface area contributed by atoms with Crippen molar-refractivity contribution in [2.24, 2.45) is 11.3 Å². The fourth-order valence-corrected chi connectivity index (χ4v) is 8.94. The first-order valence-corrected chi connectivity index (χ1v) is 13.7. The van der Waals surface area contributed by atoms with E-state index in [2.05, 4.69) is 60.3 Å². The molecule has 2 bridgehead atoms. The van der Waals surface area contributed by atoms with Crippen LogP contribution in [0.5, 0.6) is 0 Å². The lowest BCUT2D eigenvalue weighted by Crippen LogP contribution is -2.55. The van der Waals surface area contributed by atoms with Crippen LogP contribution in [0.2, 0.25) is 0 Å². The van der Waals surface area contributed by atoms with Gasteiger partial charge in [0.15, 0.2) is 0 Å². The lowest BCUT2D eigenvalue weighted by molar-refractivity contribution is -0.140. The van der Waals surface area contributed by atoms with Crippen molar-refractivity contribution in [2.75, 3.05) is 20.3 Å². The van der Waals surface area contributed by atoms with Crippen molar-refractivity contribution in [2.45, 2.75) is 81.5 Å². The zero-order chi connectivity index (χ0) is 23.8. The van der Waals surface area contributed by atoms with E-state index in [-0.39, 0.29) is 23.3 Å². The minimum absolute atomic E-state index is 0.129. The smallest absolute Gasteiger partial charge is 0.102 e. The van der Waals surface area contributed by atoms with Gasteiger partial charge in [0.05, 0.1) is 11.2 Å². The maximum absolute atomic E-state index is 13.1. The lowest BCUT2D eigenvalue weighted by atomic mass is 9.58. The number of rotatable bonds is 4. The highest BCUT2D eigenvalue weighted by Gasteiger charge is 2.66. The summed E-state index contributed by atoms with van der Waals surface area (Å²) in [6.07, 6.45) is 18.0. The summed E-state index contributed by atoms with van der Waals surface area (Å²) in [6, 6.07) is 9.55. The molecule has 0 amide bonds. The maximum atomic E-state index is 13.1. The van der Waals surface area contributed by atoms with Crippen LogP contribution in [0.1, 0.15) is 69.8 Å². The van der Waals surface area contributed by atoms with Crippen molar-refractivity contribution in [3.63, 3.8) is 0 Å². The second-order valence-electron chi connectivity index (χ2n) is 12.3. The number of pyridine rings is 1. The van der Waals surface area contributed by atoms with E-state index in [1.165, 1.54) is 40.3 Å². The van der Waals surface area contributed by atoms with Crippen LogP contribution in [-0.2, 0) is 4.74 Å². The molecule has 3 nitrogen and oxygen atoms in total. The second-order valence-corrected chi connectivity index (χ2v) is 12.3. The quantitative estimate of drug-likeness (QED) is 0.492. The molecule has 3 heterocycles. The predicted octanol–water partition coefficient (Wildman–Crippen LogP) is 6.75. The molecule has 0 N–H and O–H groups in total. The molecule has 0 radical (unpaired) electrons. The van der Waals surface area contributed by atoms with E-state index in [4.69, 9.17) is 4.74 Å². The van der Waals surface area contributed by atoms with Gasteiger partial charge in [-0.25, -0.2) is 4.39 Å². The summed E-state index contributed by atoms with van der Waals surface area (Å²) in [5.74, 6) is 1.09. The zero-order valence-electron chi connectivity index (χ0n) is 21.1. The van der Waals surface area contributed by atoms with Gasteiger partial charge in [0, 0.05) is 30.4 Å². The molecule has 1 aromatic carbocycles. The molecular weight excluding hydrogens is 435 g/mol. The average Bonchev–Trinajstić information content (AvgIpc) is 3.38. The zero-order valence-corrected chi connectivity index (χ0v) is 21.1. The summed E-state index contributed by atoms with van der Waals surface area (Å²) in [5, 5.41) is 2.51. The van der Waals surface area contributed by atoms with E-state index < -0.39 is 0 Å². The van der Waals surface area contributed by atoms with Crippen molar-refractivity contribution in [1.82, 2.24) is 9.88 Å². The Hall–Kier alpha value is -2.04. The van der Waals surface area contributed by atoms with E-state index in [9.17, 15) is 4.39 Å². The second kappa shape index (κ2) is 7.73. The number of fused-ring (bicyclic) bond motifs is 2. The standard InChI is InChI=1S/C31H37FN2O/c1-29-11-9-25-18-24-5-6-26(34(2)16-14-32)19-30(24)12-13-31(25,35-30)28(29)8-7-27(29)22-4-3-21-10-15-33-20-23(21)17-22/h3-4,9-10,15,17-18,20,26-28H,5-8,11-14,16,19H2,1-2H3/t26-,27?,28-,29?,30-,31-/m1/s1. The SMILES string of the molecule is CN(CCF)[C@@H]1CCC2=CC3=CCC4(C)C(c5ccc6ccncc6c5)CC[C@H]4[C@@]34CC[C@]2(C1)O4. The third-order valence-electron chi connectivity index (χ3n) is 10.8. The van der Waals surface area contributed by atoms with Gasteiger partial charge in [-0.1, -0.05) is 31.2 Å². The lowest BCUT2D eigenvalue weighted by Gasteiger charge is -2.55. The highest BCUT2D eigenvalue weighted by molar-refractivity contribution is 5.82. The number of hydrogen-bond acceptors (Lipinski definition) is 3. The number of halogens is 1. The van der Waals surface area contributed by atoms with Crippen LogP contribution in [0, 0.1) is 11.3 Å². The number of hydrogen-bond donors (Lipinski definition) is 0. The Labute approximate surface area is 208 Å². The van der Waals surface area contributed by atoms with Crippen molar-refractivity contribution < 1.29 is 9.13 Å². The number of alkyl halides is 1. The molecule has 6 atom stereocenters. The third-order valence-corrected chi connectivity index (χ3v) is 10.8. The molecular formula is C31H37FN2O. The first-order chi connectivity index (χ1) is 17.0. The van der Waals surface area contributed by atoms with Crippen LogP contribution in [0.4, 0.5) is 4.39 Å². The molecule has 3 fully saturated rings. The van der Waals surface area contributed by atoms with Crippen LogP contribution in [0.15, 0.2) is 60.0 Å². The number of allylic oxidation sites excluding steroid dienone is 1. The molecule has 35 heavy (non-hydrogen) atoms. The van der Waals surface area contributed by atoms with Crippen LogP contribution < -0.4 is 0 Å². The van der Waals surface area contributed by atoms with Crippen molar-refractivity contribution in [1.29, 1.82) is 0 Å². The van der Waals surface area contributed by atoms with E-state index in [0.717, 1.165) is 38.5 Å². The number of nitrogens with zero attached hydrogens (tertiary/aromatic N) is 2. The van der Waals surface area contributed by atoms with Gasteiger partial charge in [-0.3, -0.25) is 4.98 Å². The van der Waals surface area contributed by atoms with Crippen molar-refractivity contribution in [3.8, 4) is 0 Å². The fourth-order valence-electron chi connectivity index (χ4n) is 8.94. The van der Waals surface area contributed by atoms with E-state index in [0.29, 0.717) is 24.4 Å². The summed E-state index contributed by atoms with van der Waals surface area (Å²) in [5.41, 5.74) is 4.40. The predicted molar refractivity (Wildman–Crippen MR) is 138 cm³/mol. The van der Waals surface area contributed by atoms with Gasteiger partial charge in [-0.2, -0.15) is 0 Å². The molecule has 2 saturated carbocycles.